The minimum Gasteiger partial charge on any atom is -0.467 e. The lowest BCUT2D eigenvalue weighted by molar-refractivity contribution is -0.154. The van der Waals surface area contributed by atoms with Crippen molar-refractivity contribution < 1.29 is 28.2 Å². The van der Waals surface area contributed by atoms with E-state index >= 15 is 0 Å². The third-order valence-corrected chi connectivity index (χ3v) is 4.94. The highest BCUT2D eigenvalue weighted by Crippen LogP contribution is 2.35. The van der Waals surface area contributed by atoms with Crippen molar-refractivity contribution in [3.05, 3.63) is 24.1 Å². The maximum absolute atomic E-state index is 12.6. The van der Waals surface area contributed by atoms with Crippen LogP contribution in [0.15, 0.2) is 22.6 Å². The highest BCUT2D eigenvalue weighted by Gasteiger charge is 2.32. The maximum Gasteiger partial charge on any atom is 0.328 e. The van der Waals surface area contributed by atoms with Crippen LogP contribution in [0.2, 0.25) is 0 Å². The summed E-state index contributed by atoms with van der Waals surface area (Å²) < 4.78 is 21.1. The number of hydrogen-bond acceptors (Lipinski definition) is 8. The van der Waals surface area contributed by atoms with Gasteiger partial charge in [-0.3, -0.25) is 4.79 Å². The number of esters is 1. The molecular formula is C19H21N3O6. The van der Waals surface area contributed by atoms with E-state index in [1.807, 2.05) is 6.07 Å². The lowest BCUT2D eigenvalue weighted by Gasteiger charge is -2.33. The molecule has 9 heteroatoms. The largest absolute Gasteiger partial charge is 0.467 e. The number of benzene rings is 1. The molecule has 2 aliphatic heterocycles. The minimum atomic E-state index is -0.502. The Morgan fingerprint density at radius 1 is 1.21 bits per heavy atom. The van der Waals surface area contributed by atoms with Crippen LogP contribution in [0.5, 0.6) is 11.5 Å². The lowest BCUT2D eigenvalue weighted by atomic mass is 10.0. The number of aryl methyl sites for hydroxylation is 1. The molecule has 0 radical (unpaired) electrons. The van der Waals surface area contributed by atoms with Crippen molar-refractivity contribution in [3.8, 4) is 23.0 Å². The summed E-state index contributed by atoms with van der Waals surface area (Å²) in [6.45, 7) is 0.754. The number of nitrogens with zero attached hydrogens (tertiary/aromatic N) is 3. The van der Waals surface area contributed by atoms with Crippen LogP contribution in [0.1, 0.15) is 31.6 Å². The van der Waals surface area contributed by atoms with E-state index in [0.29, 0.717) is 42.7 Å². The van der Waals surface area contributed by atoms with Crippen LogP contribution in [-0.4, -0.2) is 53.5 Å². The number of aromatic nitrogens is 2. The Bertz CT molecular complexity index is 880. The number of piperidine rings is 1. The van der Waals surface area contributed by atoms with E-state index in [1.54, 1.807) is 17.0 Å². The summed E-state index contributed by atoms with van der Waals surface area (Å²) >= 11 is 0. The van der Waals surface area contributed by atoms with Gasteiger partial charge in [-0.05, 0) is 37.5 Å². The predicted molar refractivity (Wildman–Crippen MR) is 95.5 cm³/mol. The average Bonchev–Trinajstić information content (AvgIpc) is 3.40. The van der Waals surface area contributed by atoms with Gasteiger partial charge >= 0.3 is 5.97 Å². The monoisotopic (exact) mass is 387 g/mol. The Morgan fingerprint density at radius 3 is 2.93 bits per heavy atom. The molecule has 1 unspecified atom stereocenters. The van der Waals surface area contributed by atoms with Gasteiger partial charge in [0.05, 0.1) is 7.11 Å². The number of hydrogen-bond donors (Lipinski definition) is 0. The third kappa shape index (κ3) is 3.64. The van der Waals surface area contributed by atoms with Gasteiger partial charge in [-0.15, -0.1) is 10.2 Å². The molecule has 0 aliphatic carbocycles. The molecule has 2 aliphatic rings. The minimum absolute atomic E-state index is 0.113. The molecule has 2 aromatic rings. The van der Waals surface area contributed by atoms with E-state index in [0.717, 1.165) is 18.4 Å². The highest BCUT2D eigenvalue weighted by molar-refractivity contribution is 5.84. The topological polar surface area (TPSA) is 104 Å². The lowest BCUT2D eigenvalue weighted by Crippen LogP contribution is -2.48. The Hall–Kier alpha value is -3.10. The molecule has 148 valence electrons. The van der Waals surface area contributed by atoms with Crippen molar-refractivity contribution in [2.45, 2.75) is 38.1 Å². The van der Waals surface area contributed by atoms with Crippen molar-refractivity contribution in [2.24, 2.45) is 0 Å². The molecule has 1 aromatic heterocycles. The van der Waals surface area contributed by atoms with Crippen LogP contribution in [0.25, 0.3) is 11.5 Å². The molecule has 1 amide bonds. The zero-order valence-electron chi connectivity index (χ0n) is 15.6. The van der Waals surface area contributed by atoms with Crippen LogP contribution in [0, 0.1) is 0 Å². The number of fused-ring (bicyclic) bond motifs is 1. The second-order valence-corrected chi connectivity index (χ2v) is 6.69. The Kier molecular flexibility index (Phi) is 5.14. The van der Waals surface area contributed by atoms with Gasteiger partial charge in [-0.2, -0.15) is 0 Å². The van der Waals surface area contributed by atoms with Gasteiger partial charge in [0.15, 0.2) is 11.5 Å². The van der Waals surface area contributed by atoms with Crippen LogP contribution >= 0.6 is 0 Å². The summed E-state index contributed by atoms with van der Waals surface area (Å²) in [4.78, 5) is 26.1. The van der Waals surface area contributed by atoms with Gasteiger partial charge < -0.3 is 23.5 Å². The zero-order valence-corrected chi connectivity index (χ0v) is 15.6. The Balaban J connectivity index is 1.39. The SMILES string of the molecule is COC(=O)C1CCCCN1C(=O)CCc1nnc(-c2ccc3c(c2)OCO3)o1. The van der Waals surface area contributed by atoms with Crippen molar-refractivity contribution in [1.82, 2.24) is 15.1 Å². The van der Waals surface area contributed by atoms with E-state index < -0.39 is 6.04 Å². The number of carbonyl (C=O) groups is 2. The van der Waals surface area contributed by atoms with E-state index in [-0.39, 0.29) is 25.1 Å². The smallest absolute Gasteiger partial charge is 0.328 e. The first-order valence-electron chi connectivity index (χ1n) is 9.25. The first-order valence-corrected chi connectivity index (χ1v) is 9.25. The molecule has 1 fully saturated rings. The van der Waals surface area contributed by atoms with Gasteiger partial charge in [-0.25, -0.2) is 4.79 Å². The molecular weight excluding hydrogens is 366 g/mol. The molecule has 28 heavy (non-hydrogen) atoms. The normalized spacial score (nSPS) is 18.2. The Labute approximate surface area is 161 Å². The van der Waals surface area contributed by atoms with Crippen LogP contribution < -0.4 is 9.47 Å². The molecule has 0 N–H and O–H groups in total. The van der Waals surface area contributed by atoms with Crippen molar-refractivity contribution >= 4 is 11.9 Å². The summed E-state index contributed by atoms with van der Waals surface area (Å²) in [5, 5.41) is 8.07. The third-order valence-electron chi connectivity index (χ3n) is 4.94. The summed E-state index contributed by atoms with van der Waals surface area (Å²) in [7, 11) is 1.34. The van der Waals surface area contributed by atoms with Crippen LogP contribution in [-0.2, 0) is 20.7 Å². The van der Waals surface area contributed by atoms with E-state index in [2.05, 4.69) is 10.2 Å². The van der Waals surface area contributed by atoms with E-state index in [4.69, 9.17) is 18.6 Å². The number of carbonyl (C=O) groups excluding carboxylic acids is 2. The fourth-order valence-electron chi connectivity index (χ4n) is 3.47. The summed E-state index contributed by atoms with van der Waals surface area (Å²) in [5.41, 5.74) is 0.719. The Morgan fingerprint density at radius 2 is 2.07 bits per heavy atom. The van der Waals surface area contributed by atoms with Crippen molar-refractivity contribution in [2.75, 3.05) is 20.4 Å². The summed E-state index contributed by atoms with van der Waals surface area (Å²) in [5.74, 6) is 1.55. The van der Waals surface area contributed by atoms with Gasteiger partial charge in [0.2, 0.25) is 24.5 Å². The van der Waals surface area contributed by atoms with Crippen LogP contribution in [0.3, 0.4) is 0 Å². The van der Waals surface area contributed by atoms with Gasteiger partial charge in [-0.1, -0.05) is 0 Å². The fourth-order valence-corrected chi connectivity index (χ4v) is 3.47. The second-order valence-electron chi connectivity index (χ2n) is 6.69. The number of amides is 1. The number of methoxy groups -OCH3 is 1. The fraction of sp³-hybridized carbons (Fsp3) is 0.474. The highest BCUT2D eigenvalue weighted by atomic mass is 16.7. The number of likely N-dealkylation sites (tertiary alicyclic amines) is 1. The summed E-state index contributed by atoms with van der Waals surface area (Å²) in [6.07, 6.45) is 2.92. The van der Waals surface area contributed by atoms with Gasteiger partial charge in [0, 0.05) is 24.9 Å². The molecule has 4 rings (SSSR count). The number of ether oxygens (including phenoxy) is 3. The second kappa shape index (κ2) is 7.87. The molecule has 1 atom stereocenters. The van der Waals surface area contributed by atoms with Crippen LogP contribution in [0.4, 0.5) is 0 Å². The van der Waals surface area contributed by atoms with E-state index in [9.17, 15) is 9.59 Å². The molecule has 0 spiro atoms. The predicted octanol–water partition coefficient (Wildman–Crippen LogP) is 1.95. The molecule has 1 saturated heterocycles. The maximum atomic E-state index is 12.6. The quantitative estimate of drug-likeness (QED) is 0.717. The molecule has 9 nitrogen and oxygen atoms in total. The van der Waals surface area contributed by atoms with Crippen molar-refractivity contribution in [1.29, 1.82) is 0 Å². The molecule has 1 aromatic carbocycles. The zero-order chi connectivity index (χ0) is 19.5. The average molecular weight is 387 g/mol. The molecule has 0 bridgehead atoms. The van der Waals surface area contributed by atoms with Gasteiger partial charge in [0.25, 0.3) is 0 Å². The molecule has 0 saturated carbocycles. The van der Waals surface area contributed by atoms with E-state index in [1.165, 1.54) is 7.11 Å². The summed E-state index contributed by atoms with van der Waals surface area (Å²) in [6, 6.07) is 4.87. The first kappa shape index (κ1) is 18.3. The number of rotatable bonds is 5. The van der Waals surface area contributed by atoms with Gasteiger partial charge in [0.1, 0.15) is 6.04 Å². The standard InChI is InChI=1S/C19H21N3O6/c1-25-19(24)13-4-2-3-9-22(13)17(23)8-7-16-20-21-18(28-16)12-5-6-14-15(10-12)27-11-26-14/h5-6,10,13H,2-4,7-9,11H2,1H3. The molecule has 3 heterocycles. The van der Waals surface area contributed by atoms with Crippen molar-refractivity contribution in [3.63, 3.8) is 0 Å². The first-order chi connectivity index (χ1) is 13.7.